The summed E-state index contributed by atoms with van der Waals surface area (Å²) in [6, 6.07) is 9.58. The van der Waals surface area contributed by atoms with E-state index in [1.807, 2.05) is 31.2 Å². The molecule has 258 valence electrons. The third-order valence-corrected chi connectivity index (χ3v) is 12.3. The van der Waals surface area contributed by atoms with Crippen LogP contribution in [0.25, 0.3) is 20.7 Å². The molecule has 0 spiro atoms. The number of carbonyl (C=O) groups is 2. The van der Waals surface area contributed by atoms with E-state index >= 15 is 4.79 Å². The first-order valence-corrected chi connectivity index (χ1v) is 17.2. The summed E-state index contributed by atoms with van der Waals surface area (Å²) in [4.78, 5) is 58.5. The van der Waals surface area contributed by atoms with Crippen molar-refractivity contribution in [3.05, 3.63) is 85.2 Å². The molecule has 1 saturated heterocycles. The van der Waals surface area contributed by atoms with Gasteiger partial charge in [0.15, 0.2) is 0 Å². The largest absolute Gasteiger partial charge is 0.508 e. The fourth-order valence-corrected chi connectivity index (χ4v) is 9.65. The Morgan fingerprint density at radius 3 is 2.40 bits per heavy atom. The van der Waals surface area contributed by atoms with Crippen LogP contribution in [0.1, 0.15) is 36.4 Å². The summed E-state index contributed by atoms with van der Waals surface area (Å²) >= 11 is 7.84. The molecule has 0 bridgehead atoms. The molecule has 3 aliphatic rings. The topological polar surface area (TPSA) is 143 Å². The van der Waals surface area contributed by atoms with Crippen molar-refractivity contribution >= 4 is 50.7 Å². The van der Waals surface area contributed by atoms with Crippen LogP contribution in [0.5, 0.6) is 17.2 Å². The summed E-state index contributed by atoms with van der Waals surface area (Å²) in [7, 11) is 6.00. The van der Waals surface area contributed by atoms with Crippen molar-refractivity contribution in [2.75, 3.05) is 19.1 Å². The molecule has 2 amide bonds. The van der Waals surface area contributed by atoms with Crippen LogP contribution in [-0.2, 0) is 30.2 Å². The quantitative estimate of drug-likeness (QED) is 0.207. The highest BCUT2D eigenvalue weighted by Crippen LogP contribution is 2.63. The van der Waals surface area contributed by atoms with E-state index < -0.39 is 46.5 Å². The Kier molecular flexibility index (Phi) is 7.05. The Bertz CT molecular complexity index is 2440. The summed E-state index contributed by atoms with van der Waals surface area (Å²) in [5.41, 5.74) is 0.309. The Morgan fingerprint density at radius 1 is 1.02 bits per heavy atom. The Balaban J connectivity index is 1.32. The average molecular weight is 717 g/mol. The van der Waals surface area contributed by atoms with Gasteiger partial charge < -0.3 is 14.6 Å². The summed E-state index contributed by atoms with van der Waals surface area (Å²) in [6.07, 6.45) is 1.94. The molecule has 2 fully saturated rings. The zero-order valence-corrected chi connectivity index (χ0v) is 29.6. The van der Waals surface area contributed by atoms with Gasteiger partial charge in [0.2, 0.25) is 11.8 Å². The van der Waals surface area contributed by atoms with Crippen LogP contribution in [0.3, 0.4) is 0 Å². The number of hydrogen-bond acceptors (Lipinski definition) is 9. The average Bonchev–Trinajstić information content (AvgIpc) is 3.75. The zero-order valence-electron chi connectivity index (χ0n) is 28.1. The molecule has 13 nitrogen and oxygen atoms in total. The molecule has 50 heavy (non-hydrogen) atoms. The molecule has 4 atom stereocenters. The van der Waals surface area contributed by atoms with Crippen LogP contribution in [0.15, 0.2) is 57.6 Å². The first kappa shape index (κ1) is 32.1. The van der Waals surface area contributed by atoms with Gasteiger partial charge in [-0.25, -0.2) is 28.4 Å². The number of aromatic hydroxyl groups is 1. The number of nitrogens with zero attached hydrogens (tertiary/aromatic N) is 6. The van der Waals surface area contributed by atoms with Gasteiger partial charge in [-0.1, -0.05) is 17.7 Å². The van der Waals surface area contributed by atoms with Crippen molar-refractivity contribution < 1.29 is 24.2 Å². The minimum atomic E-state index is -1.40. The first-order valence-electron chi connectivity index (χ1n) is 16.0. The maximum atomic E-state index is 15.1. The fraction of sp³-hybridized carbons (Fsp3) is 0.343. The Morgan fingerprint density at radius 2 is 1.72 bits per heavy atom. The molecule has 1 N–H and O–H groups in total. The van der Waals surface area contributed by atoms with Crippen LogP contribution >= 0.6 is 22.9 Å². The number of ether oxygens (including phenoxy) is 2. The molecule has 3 aromatic heterocycles. The summed E-state index contributed by atoms with van der Waals surface area (Å²) in [6.45, 7) is 3.83. The number of phenols is 1. The summed E-state index contributed by atoms with van der Waals surface area (Å²) < 4.78 is 17.9. The second kappa shape index (κ2) is 11.0. The molecule has 2 aliphatic heterocycles. The molecule has 1 saturated carbocycles. The van der Waals surface area contributed by atoms with Crippen LogP contribution in [-0.4, -0.2) is 54.9 Å². The van der Waals surface area contributed by atoms with Gasteiger partial charge in [0.1, 0.15) is 28.8 Å². The van der Waals surface area contributed by atoms with Gasteiger partial charge in [0.05, 0.1) is 43.0 Å². The van der Waals surface area contributed by atoms with E-state index in [9.17, 15) is 19.5 Å². The minimum Gasteiger partial charge on any atom is -0.508 e. The number of methoxy groups -OCH3 is 2. The zero-order chi connectivity index (χ0) is 35.5. The van der Waals surface area contributed by atoms with Gasteiger partial charge in [-0.15, -0.1) is 11.3 Å². The lowest BCUT2D eigenvalue weighted by atomic mass is 9.56. The van der Waals surface area contributed by atoms with Crippen molar-refractivity contribution in [1.29, 1.82) is 0 Å². The van der Waals surface area contributed by atoms with Crippen LogP contribution < -0.4 is 25.8 Å². The molecule has 2 aromatic carbocycles. The van der Waals surface area contributed by atoms with Gasteiger partial charge >= 0.3 is 11.4 Å². The molecular formula is C35H33ClN6O7S. The van der Waals surface area contributed by atoms with Crippen molar-refractivity contribution in [3.8, 4) is 27.8 Å². The van der Waals surface area contributed by atoms with E-state index in [2.05, 4.69) is 0 Å². The number of rotatable bonds is 5. The Hall–Kier alpha value is -5.08. The van der Waals surface area contributed by atoms with Crippen LogP contribution in [0.4, 0.5) is 5.82 Å². The van der Waals surface area contributed by atoms with Crippen LogP contribution in [0, 0.1) is 18.3 Å². The van der Waals surface area contributed by atoms with Gasteiger partial charge in [-0.05, 0) is 55.0 Å². The minimum absolute atomic E-state index is 0.0807. The standard InChI is InChI=1S/C35H33ClN6O7S/c1-16-20-11-17(36)7-8-26(20)50-30(16)22-15-27(39(4)37-22)41-31(44)21-14-23-19(9-10-40-33(46)38(3)34(47)42(23)40)29(35(21,2)32(41)45)28-24(48-5)12-18(43)13-25(28)49-6/h7-9,11-13,15,21,23,29,43H,10,14H2,1-6H3/t21-,23+,29+,35+/m0/s1. The second-order valence-electron chi connectivity index (χ2n) is 13.2. The number of allylic oxidation sites excluding steroid dienone is 2. The van der Waals surface area contributed by atoms with E-state index in [-0.39, 0.29) is 30.2 Å². The maximum absolute atomic E-state index is 15.1. The number of amides is 2. The molecule has 0 radical (unpaired) electrons. The molecule has 15 heteroatoms. The molecular weight excluding hydrogens is 684 g/mol. The molecule has 1 aliphatic carbocycles. The number of thiophene rings is 1. The maximum Gasteiger partial charge on any atom is 0.347 e. The number of phenolic OH excluding ortho intramolecular Hbond substituents is 1. The lowest BCUT2D eigenvalue weighted by molar-refractivity contribution is -0.129. The first-order chi connectivity index (χ1) is 23.8. The number of carbonyl (C=O) groups excluding carboxylic acids is 2. The van der Waals surface area contributed by atoms with Crippen molar-refractivity contribution in [1.82, 2.24) is 23.7 Å². The predicted octanol–water partition coefficient (Wildman–Crippen LogP) is 4.51. The number of imide groups is 1. The highest BCUT2D eigenvalue weighted by Gasteiger charge is 2.66. The highest BCUT2D eigenvalue weighted by molar-refractivity contribution is 7.22. The third-order valence-electron chi connectivity index (χ3n) is 10.8. The SMILES string of the molecule is COc1cc(O)cc(OC)c1[C@H]1C2=CCn3c(=O)n(C)c(=O)n3[C@@H]2C[C@H]2C(=O)N(c3cc(-c4sc5ccc(Cl)cc5c4C)nn3C)C(=O)[C@@]12C. The van der Waals surface area contributed by atoms with Gasteiger partial charge in [0, 0.05) is 53.5 Å². The van der Waals surface area contributed by atoms with Crippen LogP contribution in [0.2, 0.25) is 5.02 Å². The van der Waals surface area contributed by atoms with Crippen molar-refractivity contribution in [2.24, 2.45) is 25.4 Å². The van der Waals surface area contributed by atoms with Crippen molar-refractivity contribution in [2.45, 2.75) is 38.8 Å². The highest BCUT2D eigenvalue weighted by atomic mass is 35.5. The normalized spacial score (nSPS) is 22.8. The molecule has 0 unspecified atom stereocenters. The number of aromatic nitrogens is 5. The molecule has 8 rings (SSSR count). The summed E-state index contributed by atoms with van der Waals surface area (Å²) in [5, 5.41) is 16.9. The summed E-state index contributed by atoms with van der Waals surface area (Å²) in [5.74, 6) is -1.99. The van der Waals surface area contributed by atoms with E-state index in [1.165, 1.54) is 52.3 Å². The van der Waals surface area contributed by atoms with E-state index in [0.29, 0.717) is 27.7 Å². The van der Waals surface area contributed by atoms with Gasteiger partial charge in [-0.2, -0.15) is 5.10 Å². The smallest absolute Gasteiger partial charge is 0.347 e. The number of halogens is 1. The number of benzene rings is 2. The number of fused-ring (bicyclic) bond motifs is 5. The van der Waals surface area contributed by atoms with Gasteiger partial charge in [-0.3, -0.25) is 14.3 Å². The number of aryl methyl sites for hydroxylation is 2. The van der Waals surface area contributed by atoms with E-state index in [4.69, 9.17) is 26.2 Å². The Labute approximate surface area is 294 Å². The molecule has 5 heterocycles. The third kappa shape index (κ3) is 4.14. The fourth-order valence-electron chi connectivity index (χ4n) is 8.34. The van der Waals surface area contributed by atoms with E-state index in [0.717, 1.165) is 25.1 Å². The predicted molar refractivity (Wildman–Crippen MR) is 187 cm³/mol. The second-order valence-corrected chi connectivity index (χ2v) is 14.7. The molecule has 5 aromatic rings. The number of hydrogen-bond donors (Lipinski definition) is 1. The lowest BCUT2D eigenvalue weighted by Gasteiger charge is -2.47. The number of anilines is 1. The lowest BCUT2D eigenvalue weighted by Crippen LogP contribution is -2.49. The van der Waals surface area contributed by atoms with E-state index in [1.54, 1.807) is 31.4 Å². The monoisotopic (exact) mass is 716 g/mol. The van der Waals surface area contributed by atoms with Gasteiger partial charge in [0.25, 0.3) is 0 Å². The van der Waals surface area contributed by atoms with Crippen molar-refractivity contribution in [3.63, 3.8) is 0 Å².